The topological polar surface area (TPSA) is 220 Å². The Hall–Kier alpha value is -3.55. The predicted molar refractivity (Wildman–Crippen MR) is 139 cm³/mol. The number of carboxylic acid groups (broad SMARTS) is 4. The van der Waals surface area contributed by atoms with Gasteiger partial charge in [0.1, 0.15) is 12.1 Å². The van der Waals surface area contributed by atoms with Crippen LogP contribution in [0.15, 0.2) is 30.3 Å². The molecule has 15 heteroatoms. The molecule has 1 aromatic rings. The number of hydrogen-bond acceptors (Lipinski definition) is 10. The molecule has 0 saturated carbocycles. The van der Waals surface area contributed by atoms with E-state index in [1.807, 2.05) is 30.3 Å². The van der Waals surface area contributed by atoms with Crippen LogP contribution in [0.3, 0.4) is 0 Å². The molecule has 234 valence electrons. The number of carbonyl (C=O) groups is 6. The number of rotatable bonds is 19. The maximum Gasteiger partial charge on any atom is 2.00 e. The fourth-order valence-electron chi connectivity index (χ4n) is 4.74. The van der Waals surface area contributed by atoms with Crippen LogP contribution in [0.2, 0.25) is 0 Å². The van der Waals surface area contributed by atoms with Crippen LogP contribution in [-0.4, -0.2) is 107 Å². The Kier molecular flexibility index (Phi) is 16.3. The SMILES string of the molecule is O=C([O-])CN(CC(=O)[O-])CC(=O)NCCCC[C@H](N[C@@H](CCc1ccccc1)C(=O)O)C(=O)N1CCC[C@H]1C(=O)O.[Ni+2]. The van der Waals surface area contributed by atoms with Gasteiger partial charge in [0.05, 0.1) is 24.5 Å². The van der Waals surface area contributed by atoms with E-state index in [0.29, 0.717) is 32.1 Å². The van der Waals surface area contributed by atoms with Crippen LogP contribution in [0.25, 0.3) is 0 Å². The summed E-state index contributed by atoms with van der Waals surface area (Å²) in [5.74, 6) is -6.47. The summed E-state index contributed by atoms with van der Waals surface area (Å²) in [7, 11) is 0. The number of aryl methyl sites for hydroxylation is 1. The first-order chi connectivity index (χ1) is 19.5. The number of nitrogens with one attached hydrogen (secondary N) is 2. The molecule has 1 saturated heterocycles. The van der Waals surface area contributed by atoms with Gasteiger partial charge in [-0.1, -0.05) is 30.3 Å². The molecule has 1 aromatic carbocycles. The third kappa shape index (κ3) is 13.0. The fraction of sp³-hybridized carbons (Fsp3) is 0.556. The van der Waals surface area contributed by atoms with E-state index in [1.54, 1.807) is 0 Å². The van der Waals surface area contributed by atoms with E-state index < -0.39 is 73.5 Å². The van der Waals surface area contributed by atoms with Crippen LogP contribution < -0.4 is 20.8 Å². The van der Waals surface area contributed by atoms with Crippen molar-refractivity contribution in [3.05, 3.63) is 35.9 Å². The number of carbonyl (C=O) groups excluding carboxylic acids is 4. The summed E-state index contributed by atoms with van der Waals surface area (Å²) in [6.45, 7) is -1.65. The van der Waals surface area contributed by atoms with E-state index in [-0.39, 0.29) is 42.4 Å². The van der Waals surface area contributed by atoms with Gasteiger partial charge < -0.3 is 40.2 Å². The van der Waals surface area contributed by atoms with Crippen LogP contribution in [-0.2, 0) is 51.7 Å². The van der Waals surface area contributed by atoms with Crippen LogP contribution in [0.4, 0.5) is 0 Å². The third-order valence-corrected chi connectivity index (χ3v) is 6.70. The van der Waals surface area contributed by atoms with Crippen molar-refractivity contribution in [1.82, 2.24) is 20.4 Å². The first-order valence-electron chi connectivity index (χ1n) is 13.4. The average molecular weight is 635 g/mol. The summed E-state index contributed by atoms with van der Waals surface area (Å²) in [4.78, 5) is 72.9. The summed E-state index contributed by atoms with van der Waals surface area (Å²) in [6, 6.07) is 6.25. The van der Waals surface area contributed by atoms with E-state index in [1.165, 1.54) is 4.90 Å². The van der Waals surface area contributed by atoms with Gasteiger partial charge in [-0.15, -0.1) is 0 Å². The van der Waals surface area contributed by atoms with E-state index in [0.717, 1.165) is 10.5 Å². The minimum Gasteiger partial charge on any atom is -0.549 e. The Labute approximate surface area is 253 Å². The zero-order valence-electron chi connectivity index (χ0n) is 23.0. The number of carboxylic acids is 4. The average Bonchev–Trinajstić information content (AvgIpc) is 3.39. The number of nitrogens with zero attached hydrogens (tertiary/aromatic N) is 2. The molecule has 3 atom stereocenters. The molecule has 2 rings (SSSR count). The maximum atomic E-state index is 13.4. The number of unbranched alkanes of at least 4 members (excludes halogenated alkanes) is 1. The van der Waals surface area contributed by atoms with Crippen molar-refractivity contribution in [2.24, 2.45) is 0 Å². The van der Waals surface area contributed by atoms with E-state index in [4.69, 9.17) is 0 Å². The maximum absolute atomic E-state index is 13.4. The number of likely N-dealkylation sites (tertiary alicyclic amines) is 1. The summed E-state index contributed by atoms with van der Waals surface area (Å²) in [5.41, 5.74) is 0.933. The largest absolute Gasteiger partial charge is 2.00 e. The standard InChI is InChI=1S/C27H38N4O10.Ni/c32-22(15-30(16-23(33)34)17-24(35)36)28-13-5-4-9-19(25(37)31-14-6-10-21(31)27(40)41)29-20(26(38)39)12-11-18-7-2-1-3-8-18;/h1-3,7-8,19-21,29H,4-6,9-17H2,(H,28,32)(H,33,34)(H,35,36)(H,38,39)(H,40,41);/q;+2/p-2/t19-,20-,21-;/m0./s1. The molecule has 0 radical (unpaired) electrons. The second-order valence-electron chi connectivity index (χ2n) is 9.90. The van der Waals surface area contributed by atoms with Crippen molar-refractivity contribution in [2.75, 3.05) is 32.7 Å². The fourth-order valence-corrected chi connectivity index (χ4v) is 4.74. The Morgan fingerprint density at radius 1 is 0.929 bits per heavy atom. The molecule has 14 nitrogen and oxygen atoms in total. The molecule has 1 fully saturated rings. The molecule has 1 aliphatic heterocycles. The molecule has 1 heterocycles. The Morgan fingerprint density at radius 2 is 1.57 bits per heavy atom. The van der Waals surface area contributed by atoms with Gasteiger partial charge in [0.25, 0.3) is 0 Å². The molecular formula is C27H36N4NiO10. The van der Waals surface area contributed by atoms with E-state index >= 15 is 0 Å². The molecule has 0 unspecified atom stereocenters. The van der Waals surface area contributed by atoms with Gasteiger partial charge in [0, 0.05) is 26.2 Å². The summed E-state index contributed by atoms with van der Waals surface area (Å²) in [5, 5.41) is 46.4. The molecule has 4 N–H and O–H groups in total. The summed E-state index contributed by atoms with van der Waals surface area (Å²) in [6.07, 6.45) is 2.38. The number of hydrogen-bond donors (Lipinski definition) is 4. The van der Waals surface area contributed by atoms with Crippen LogP contribution in [0.5, 0.6) is 0 Å². The van der Waals surface area contributed by atoms with Gasteiger partial charge in [-0.3, -0.25) is 24.6 Å². The van der Waals surface area contributed by atoms with Gasteiger partial charge in [0.15, 0.2) is 0 Å². The van der Waals surface area contributed by atoms with E-state index in [9.17, 15) is 49.2 Å². The molecule has 0 bridgehead atoms. The Bertz CT molecular complexity index is 1060. The monoisotopic (exact) mass is 634 g/mol. The first kappa shape index (κ1) is 36.5. The van der Waals surface area contributed by atoms with Crippen molar-refractivity contribution >= 4 is 35.7 Å². The quantitative estimate of drug-likeness (QED) is 0.0895. The van der Waals surface area contributed by atoms with Crippen molar-refractivity contribution in [2.45, 2.75) is 63.1 Å². The molecule has 42 heavy (non-hydrogen) atoms. The van der Waals surface area contributed by atoms with Crippen LogP contribution >= 0.6 is 0 Å². The zero-order valence-corrected chi connectivity index (χ0v) is 24.0. The summed E-state index contributed by atoms with van der Waals surface area (Å²) >= 11 is 0. The minimum atomic E-state index is -1.55. The Morgan fingerprint density at radius 3 is 2.14 bits per heavy atom. The smallest absolute Gasteiger partial charge is 0.549 e. The van der Waals surface area contributed by atoms with Crippen LogP contribution in [0.1, 0.15) is 44.1 Å². The van der Waals surface area contributed by atoms with Gasteiger partial charge >= 0.3 is 28.4 Å². The van der Waals surface area contributed by atoms with Crippen molar-refractivity contribution in [3.63, 3.8) is 0 Å². The zero-order chi connectivity index (χ0) is 30.4. The second kappa shape index (κ2) is 18.8. The number of aliphatic carboxylic acids is 4. The normalized spacial score (nSPS) is 15.8. The number of benzene rings is 1. The van der Waals surface area contributed by atoms with Crippen molar-refractivity contribution in [3.8, 4) is 0 Å². The van der Waals surface area contributed by atoms with Gasteiger partial charge in [-0.2, -0.15) is 0 Å². The Balaban J connectivity index is 0.00000882. The third-order valence-electron chi connectivity index (χ3n) is 6.70. The number of amides is 2. The molecule has 2 amide bonds. The molecule has 1 aliphatic rings. The molecule has 0 spiro atoms. The van der Waals surface area contributed by atoms with Gasteiger partial charge in [0.2, 0.25) is 11.8 Å². The second-order valence-corrected chi connectivity index (χ2v) is 9.90. The van der Waals surface area contributed by atoms with Crippen LogP contribution in [0, 0.1) is 0 Å². The molecule has 0 aliphatic carbocycles. The van der Waals surface area contributed by atoms with Crippen molar-refractivity contribution < 1.29 is 65.7 Å². The van der Waals surface area contributed by atoms with Gasteiger partial charge in [-0.25, -0.2) is 4.79 Å². The predicted octanol–water partition coefficient (Wildman–Crippen LogP) is -2.81. The molecule has 0 aromatic heterocycles. The van der Waals surface area contributed by atoms with E-state index in [2.05, 4.69) is 10.6 Å². The minimum absolute atomic E-state index is 0. The molecular weight excluding hydrogens is 599 g/mol. The van der Waals surface area contributed by atoms with Crippen molar-refractivity contribution in [1.29, 1.82) is 0 Å². The first-order valence-corrected chi connectivity index (χ1v) is 13.4. The summed E-state index contributed by atoms with van der Waals surface area (Å²) < 4.78 is 0. The van der Waals surface area contributed by atoms with Gasteiger partial charge in [-0.05, 0) is 50.5 Å².